The standard InChI is InChI=1S/C19H26N6O4/c1-25(2)12-17(27)23-16(10-13-6-4-3-5-7-13)19(29)24-15(18(20)28)9-8-14(26)11-22-21/h3-7,11,15-16H,8-10,12H2,1-2H3,(H2,20,28)(H,23,27)(H,24,29)/t15-,16-/m0/s1. The Morgan fingerprint density at radius 1 is 1.14 bits per heavy atom. The summed E-state index contributed by atoms with van der Waals surface area (Å²) in [5, 5.41) is 5.15. The minimum atomic E-state index is -1.11. The fraction of sp³-hybridized carbons (Fsp3) is 0.421. The number of likely N-dealkylation sites (N-methyl/N-ethyl adjacent to an activating group) is 1. The van der Waals surface area contributed by atoms with E-state index >= 15 is 0 Å². The number of hydrogen-bond acceptors (Lipinski definition) is 5. The van der Waals surface area contributed by atoms with E-state index in [2.05, 4.69) is 15.4 Å². The van der Waals surface area contributed by atoms with Gasteiger partial charge in [-0.05, 0) is 26.1 Å². The molecule has 2 atom stereocenters. The van der Waals surface area contributed by atoms with E-state index in [1.807, 2.05) is 30.3 Å². The molecule has 0 spiro atoms. The quantitative estimate of drug-likeness (QED) is 0.229. The summed E-state index contributed by atoms with van der Waals surface area (Å²) in [5.41, 5.74) is 14.5. The largest absolute Gasteiger partial charge is 0.368 e. The molecule has 0 aliphatic heterocycles. The minimum absolute atomic E-state index is 0.0599. The molecule has 4 N–H and O–H groups in total. The molecule has 0 saturated heterocycles. The van der Waals surface area contributed by atoms with Crippen LogP contribution >= 0.6 is 0 Å². The van der Waals surface area contributed by atoms with E-state index in [0.717, 1.165) is 5.56 Å². The van der Waals surface area contributed by atoms with Crippen molar-refractivity contribution in [3.8, 4) is 0 Å². The molecule has 0 saturated carbocycles. The maximum atomic E-state index is 12.8. The number of hydrogen-bond donors (Lipinski definition) is 3. The van der Waals surface area contributed by atoms with Gasteiger partial charge in [0.2, 0.25) is 23.5 Å². The molecule has 156 valence electrons. The number of amides is 3. The van der Waals surface area contributed by atoms with Crippen LogP contribution in [0, 0.1) is 0 Å². The van der Waals surface area contributed by atoms with Gasteiger partial charge in [-0.25, -0.2) is 0 Å². The summed E-state index contributed by atoms with van der Waals surface area (Å²) in [6.07, 6.45) is 0.719. The van der Waals surface area contributed by atoms with Gasteiger partial charge in [0.25, 0.3) is 0 Å². The number of primary amides is 1. The van der Waals surface area contributed by atoms with Crippen LogP contribution in [0.4, 0.5) is 0 Å². The molecule has 0 unspecified atom stereocenters. The summed E-state index contributed by atoms with van der Waals surface area (Å²) in [6, 6.07) is 7.05. The summed E-state index contributed by atoms with van der Waals surface area (Å²) in [4.78, 5) is 52.3. The van der Waals surface area contributed by atoms with Gasteiger partial charge in [0.15, 0.2) is 0 Å². The Morgan fingerprint density at radius 2 is 1.79 bits per heavy atom. The van der Waals surface area contributed by atoms with E-state index in [-0.39, 0.29) is 31.7 Å². The zero-order valence-corrected chi connectivity index (χ0v) is 16.5. The van der Waals surface area contributed by atoms with Gasteiger partial charge in [-0.2, -0.15) is 4.79 Å². The van der Waals surface area contributed by atoms with Crippen molar-refractivity contribution in [3.63, 3.8) is 0 Å². The molecule has 0 aliphatic rings. The zero-order valence-electron chi connectivity index (χ0n) is 16.5. The van der Waals surface area contributed by atoms with Crippen molar-refractivity contribution >= 4 is 29.7 Å². The van der Waals surface area contributed by atoms with Gasteiger partial charge in [0, 0.05) is 12.8 Å². The molecule has 1 aromatic rings. The van der Waals surface area contributed by atoms with Crippen LogP contribution in [0.5, 0.6) is 0 Å². The molecule has 1 aromatic carbocycles. The summed E-state index contributed by atoms with van der Waals surface area (Å²) in [7, 11) is 3.45. The highest BCUT2D eigenvalue weighted by Crippen LogP contribution is 2.05. The fourth-order valence-corrected chi connectivity index (χ4v) is 2.56. The Balaban J connectivity index is 2.88. The van der Waals surface area contributed by atoms with Crippen molar-refractivity contribution in [3.05, 3.63) is 41.4 Å². The van der Waals surface area contributed by atoms with E-state index in [0.29, 0.717) is 6.21 Å². The molecule has 29 heavy (non-hydrogen) atoms. The third-order valence-corrected chi connectivity index (χ3v) is 3.94. The second-order valence-electron chi connectivity index (χ2n) is 6.76. The lowest BCUT2D eigenvalue weighted by atomic mass is 10.0. The minimum Gasteiger partial charge on any atom is -0.368 e. The highest BCUT2D eigenvalue weighted by Gasteiger charge is 2.26. The predicted molar refractivity (Wildman–Crippen MR) is 106 cm³/mol. The van der Waals surface area contributed by atoms with Crippen molar-refractivity contribution in [1.29, 1.82) is 0 Å². The zero-order chi connectivity index (χ0) is 21.8. The highest BCUT2D eigenvalue weighted by atomic mass is 16.2. The molecule has 0 radical (unpaired) electrons. The number of ketones is 1. The molecule has 0 heterocycles. The van der Waals surface area contributed by atoms with Crippen molar-refractivity contribution in [1.82, 2.24) is 15.5 Å². The molecule has 0 bridgehead atoms. The maximum absolute atomic E-state index is 12.8. The summed E-state index contributed by atoms with van der Waals surface area (Å²) < 4.78 is 0. The smallest absolute Gasteiger partial charge is 0.323 e. The molecule has 10 heteroatoms. The van der Waals surface area contributed by atoms with E-state index in [4.69, 9.17) is 11.3 Å². The third kappa shape index (κ3) is 9.41. The highest BCUT2D eigenvalue weighted by molar-refractivity contribution is 6.25. The van der Waals surface area contributed by atoms with Crippen LogP contribution in [0.15, 0.2) is 30.3 Å². The molecule has 0 aliphatic carbocycles. The fourth-order valence-electron chi connectivity index (χ4n) is 2.56. The Morgan fingerprint density at radius 3 is 2.34 bits per heavy atom. The number of carbonyl (C=O) groups is 4. The van der Waals surface area contributed by atoms with Crippen molar-refractivity contribution in [2.45, 2.75) is 31.3 Å². The molecule has 1 rings (SSSR count). The van der Waals surface area contributed by atoms with Gasteiger partial charge in [-0.1, -0.05) is 30.3 Å². The van der Waals surface area contributed by atoms with Crippen LogP contribution in [-0.4, -0.2) is 72.1 Å². The molecular weight excluding hydrogens is 376 g/mol. The Labute approximate surface area is 169 Å². The number of carbonyl (C=O) groups excluding carboxylic acids is 4. The summed E-state index contributed by atoms with van der Waals surface area (Å²) >= 11 is 0. The van der Waals surface area contributed by atoms with Crippen LogP contribution in [-0.2, 0) is 25.6 Å². The molecule has 10 nitrogen and oxygen atoms in total. The Bertz CT molecular complexity index is 774. The second kappa shape index (κ2) is 12.2. The maximum Gasteiger partial charge on any atom is 0.323 e. The lowest BCUT2D eigenvalue weighted by Crippen LogP contribution is -2.54. The number of nitrogens with zero attached hydrogens (tertiary/aromatic N) is 3. The lowest BCUT2D eigenvalue weighted by Gasteiger charge is -2.22. The molecule has 0 aromatic heterocycles. The second-order valence-corrected chi connectivity index (χ2v) is 6.76. The average Bonchev–Trinajstić information content (AvgIpc) is 2.64. The average molecular weight is 402 g/mol. The van der Waals surface area contributed by atoms with Crippen molar-refractivity contribution < 1.29 is 24.0 Å². The van der Waals surface area contributed by atoms with Gasteiger partial charge in [0.1, 0.15) is 12.1 Å². The van der Waals surface area contributed by atoms with E-state index < -0.39 is 29.7 Å². The van der Waals surface area contributed by atoms with Gasteiger partial charge >= 0.3 is 6.21 Å². The van der Waals surface area contributed by atoms with Crippen LogP contribution in [0.1, 0.15) is 18.4 Å². The first-order chi connectivity index (χ1) is 13.7. The number of benzene rings is 1. The number of nitrogens with one attached hydrogen (secondary N) is 2. The van der Waals surface area contributed by atoms with E-state index in [9.17, 15) is 19.2 Å². The van der Waals surface area contributed by atoms with Gasteiger partial charge in [-0.15, -0.1) is 0 Å². The van der Waals surface area contributed by atoms with Crippen molar-refractivity contribution in [2.75, 3.05) is 20.6 Å². The monoisotopic (exact) mass is 402 g/mol. The SMILES string of the molecule is CN(C)CC(=O)N[C@@H](Cc1ccccc1)C(=O)N[C@@H](CCC(=O)C=[N+]=[N-])C(N)=O. The topological polar surface area (TPSA) is 158 Å². The molecular formula is C19H26N6O4. The normalized spacial score (nSPS) is 12.4. The first-order valence-corrected chi connectivity index (χ1v) is 9.01. The van der Waals surface area contributed by atoms with E-state index in [1.54, 1.807) is 19.0 Å². The summed E-state index contributed by atoms with van der Waals surface area (Å²) in [6.45, 7) is 0.0901. The van der Waals surface area contributed by atoms with Gasteiger partial charge in [0.05, 0.1) is 6.54 Å². The predicted octanol–water partition coefficient (Wildman–Crippen LogP) is -1.10. The first-order valence-electron chi connectivity index (χ1n) is 9.01. The third-order valence-electron chi connectivity index (χ3n) is 3.94. The van der Waals surface area contributed by atoms with Crippen molar-refractivity contribution in [2.24, 2.45) is 5.73 Å². The van der Waals surface area contributed by atoms with Gasteiger partial charge < -0.3 is 26.8 Å². The number of Topliss-reactive ketones (excluding diaryl/α,β-unsaturated/α-hetero) is 1. The first kappa shape index (κ1) is 23.7. The molecule has 0 fully saturated rings. The van der Waals surface area contributed by atoms with Crippen LogP contribution < -0.4 is 16.4 Å². The number of nitrogens with two attached hydrogens (primary N) is 1. The van der Waals surface area contributed by atoms with E-state index in [1.165, 1.54) is 0 Å². The van der Waals surface area contributed by atoms with Crippen LogP contribution in [0.2, 0.25) is 0 Å². The number of rotatable bonds is 12. The van der Waals surface area contributed by atoms with Crippen LogP contribution in [0.25, 0.3) is 5.53 Å². The Hall–Kier alpha value is -3.36. The van der Waals surface area contributed by atoms with Gasteiger partial charge in [-0.3, -0.25) is 19.2 Å². The molecule has 3 amide bonds. The van der Waals surface area contributed by atoms with Crippen LogP contribution in [0.3, 0.4) is 0 Å². The Kier molecular flexibility index (Phi) is 9.94. The lowest BCUT2D eigenvalue weighted by molar-refractivity contribution is -0.131. The summed E-state index contributed by atoms with van der Waals surface area (Å²) in [5.74, 6) is -2.28.